The van der Waals surface area contributed by atoms with Gasteiger partial charge in [-0.1, -0.05) is 6.92 Å². The van der Waals surface area contributed by atoms with Gasteiger partial charge in [-0.25, -0.2) is 4.39 Å². The van der Waals surface area contributed by atoms with Crippen LogP contribution in [-0.2, 0) is 4.74 Å². The fourth-order valence-corrected chi connectivity index (χ4v) is 2.37. The van der Waals surface area contributed by atoms with E-state index in [4.69, 9.17) is 10.5 Å². The number of anilines is 2. The number of hydrogen-bond acceptors (Lipinski definition) is 3. The highest BCUT2D eigenvalue weighted by atomic mass is 19.1. The van der Waals surface area contributed by atoms with E-state index in [1.54, 1.807) is 6.07 Å². The minimum atomic E-state index is -0.240. The van der Waals surface area contributed by atoms with Crippen LogP contribution < -0.4 is 10.6 Å². The largest absolute Gasteiger partial charge is 0.397 e. The molecule has 0 amide bonds. The number of rotatable bonds is 4. The van der Waals surface area contributed by atoms with Crippen molar-refractivity contribution < 1.29 is 9.13 Å². The minimum Gasteiger partial charge on any atom is -0.397 e. The Morgan fingerprint density at radius 3 is 3.11 bits per heavy atom. The number of benzene rings is 1. The highest BCUT2D eigenvalue weighted by Crippen LogP contribution is 2.27. The van der Waals surface area contributed by atoms with E-state index in [2.05, 4.69) is 11.8 Å². The van der Waals surface area contributed by atoms with Gasteiger partial charge in [-0.3, -0.25) is 0 Å². The normalized spacial score (nSPS) is 20.1. The van der Waals surface area contributed by atoms with Crippen molar-refractivity contribution in [2.45, 2.75) is 32.3 Å². The van der Waals surface area contributed by atoms with E-state index in [0.29, 0.717) is 5.69 Å². The summed E-state index contributed by atoms with van der Waals surface area (Å²) in [6, 6.07) is 4.53. The van der Waals surface area contributed by atoms with E-state index in [0.717, 1.165) is 44.6 Å². The average molecular weight is 252 g/mol. The molecule has 18 heavy (non-hydrogen) atoms. The van der Waals surface area contributed by atoms with E-state index in [1.807, 2.05) is 0 Å². The average Bonchev–Trinajstić information content (AvgIpc) is 2.39. The molecular formula is C14H21FN2O. The number of nitrogens with two attached hydrogens (primary N) is 1. The Labute approximate surface area is 108 Å². The smallest absolute Gasteiger partial charge is 0.125 e. The van der Waals surface area contributed by atoms with Crippen LogP contribution in [0.5, 0.6) is 0 Å². The van der Waals surface area contributed by atoms with Gasteiger partial charge in [0.2, 0.25) is 0 Å². The first-order valence-corrected chi connectivity index (χ1v) is 6.62. The molecule has 0 saturated carbocycles. The lowest BCUT2D eigenvalue weighted by Crippen LogP contribution is -2.40. The summed E-state index contributed by atoms with van der Waals surface area (Å²) < 4.78 is 19.1. The lowest BCUT2D eigenvalue weighted by atomic mass is 10.1. The monoisotopic (exact) mass is 252 g/mol. The molecule has 1 unspecified atom stereocenters. The number of halogens is 1. The SMILES string of the molecule is CCCOC1CCCN(c2cc(F)ccc2N)C1. The molecule has 1 heterocycles. The molecule has 1 saturated heterocycles. The topological polar surface area (TPSA) is 38.5 Å². The molecule has 4 heteroatoms. The van der Waals surface area contributed by atoms with E-state index < -0.39 is 0 Å². The van der Waals surface area contributed by atoms with Gasteiger partial charge in [0.1, 0.15) is 5.82 Å². The van der Waals surface area contributed by atoms with E-state index in [-0.39, 0.29) is 11.9 Å². The predicted molar refractivity (Wildman–Crippen MR) is 72.3 cm³/mol. The summed E-state index contributed by atoms with van der Waals surface area (Å²) in [5.41, 5.74) is 7.34. The van der Waals surface area contributed by atoms with E-state index in [1.165, 1.54) is 12.1 Å². The standard InChI is InChI=1S/C14H21FN2O/c1-2-8-18-12-4-3-7-17(10-12)14-9-11(15)5-6-13(14)16/h5-6,9,12H,2-4,7-8,10,16H2,1H3. The lowest BCUT2D eigenvalue weighted by molar-refractivity contribution is 0.0441. The predicted octanol–water partition coefficient (Wildman–Crippen LogP) is 2.80. The molecule has 0 radical (unpaired) electrons. The molecule has 0 bridgehead atoms. The second kappa shape index (κ2) is 6.05. The molecule has 0 spiro atoms. The van der Waals surface area contributed by atoms with Crippen LogP contribution in [0, 0.1) is 5.82 Å². The Bertz CT molecular complexity index is 397. The summed E-state index contributed by atoms with van der Waals surface area (Å²) in [4.78, 5) is 2.13. The third-order valence-corrected chi connectivity index (χ3v) is 3.27. The molecule has 1 aliphatic heterocycles. The third-order valence-electron chi connectivity index (χ3n) is 3.27. The Morgan fingerprint density at radius 2 is 2.33 bits per heavy atom. The maximum atomic E-state index is 13.3. The van der Waals surface area contributed by atoms with Crippen LogP contribution in [0.4, 0.5) is 15.8 Å². The van der Waals surface area contributed by atoms with Gasteiger partial charge < -0.3 is 15.4 Å². The second-order valence-electron chi connectivity index (χ2n) is 4.78. The van der Waals surface area contributed by atoms with Crippen LogP contribution in [0.1, 0.15) is 26.2 Å². The minimum absolute atomic E-state index is 0.237. The summed E-state index contributed by atoms with van der Waals surface area (Å²) >= 11 is 0. The number of nitrogens with zero attached hydrogens (tertiary/aromatic N) is 1. The summed E-state index contributed by atoms with van der Waals surface area (Å²) in [6.45, 7) is 4.61. The van der Waals surface area contributed by atoms with Crippen molar-refractivity contribution >= 4 is 11.4 Å². The van der Waals surface area contributed by atoms with Crippen molar-refractivity contribution in [2.24, 2.45) is 0 Å². The molecule has 1 aliphatic rings. The number of nitrogen functional groups attached to an aromatic ring is 1. The molecule has 3 nitrogen and oxygen atoms in total. The quantitative estimate of drug-likeness (QED) is 0.837. The van der Waals surface area contributed by atoms with Crippen molar-refractivity contribution in [3.8, 4) is 0 Å². The number of hydrogen-bond donors (Lipinski definition) is 1. The fourth-order valence-electron chi connectivity index (χ4n) is 2.37. The first kappa shape index (κ1) is 13.1. The first-order chi connectivity index (χ1) is 8.70. The molecule has 100 valence electrons. The van der Waals surface area contributed by atoms with Crippen LogP contribution in [-0.4, -0.2) is 25.8 Å². The maximum absolute atomic E-state index is 13.3. The van der Waals surface area contributed by atoms with Gasteiger partial charge in [0.25, 0.3) is 0 Å². The van der Waals surface area contributed by atoms with Crippen molar-refractivity contribution in [3.05, 3.63) is 24.0 Å². The van der Waals surface area contributed by atoms with Crippen LogP contribution >= 0.6 is 0 Å². The van der Waals surface area contributed by atoms with E-state index >= 15 is 0 Å². The van der Waals surface area contributed by atoms with Gasteiger partial charge in [0, 0.05) is 19.7 Å². The van der Waals surface area contributed by atoms with Crippen LogP contribution in [0.2, 0.25) is 0 Å². The third kappa shape index (κ3) is 3.13. The molecule has 2 N–H and O–H groups in total. The molecule has 1 fully saturated rings. The Kier molecular flexibility index (Phi) is 4.42. The Balaban J connectivity index is 2.05. The highest BCUT2D eigenvalue weighted by Gasteiger charge is 2.21. The van der Waals surface area contributed by atoms with Gasteiger partial charge in [-0.15, -0.1) is 0 Å². The number of piperidine rings is 1. The molecule has 1 aromatic carbocycles. The van der Waals surface area contributed by atoms with Crippen LogP contribution in [0.25, 0.3) is 0 Å². The van der Waals surface area contributed by atoms with Crippen LogP contribution in [0.15, 0.2) is 18.2 Å². The zero-order valence-electron chi connectivity index (χ0n) is 10.9. The van der Waals surface area contributed by atoms with Crippen molar-refractivity contribution in [3.63, 3.8) is 0 Å². The van der Waals surface area contributed by atoms with Crippen molar-refractivity contribution in [2.75, 3.05) is 30.3 Å². The zero-order chi connectivity index (χ0) is 13.0. The summed E-state index contributed by atoms with van der Waals surface area (Å²) in [5.74, 6) is -0.240. The maximum Gasteiger partial charge on any atom is 0.125 e. The summed E-state index contributed by atoms with van der Waals surface area (Å²) in [5, 5.41) is 0. The van der Waals surface area contributed by atoms with E-state index in [9.17, 15) is 4.39 Å². The fraction of sp³-hybridized carbons (Fsp3) is 0.571. The first-order valence-electron chi connectivity index (χ1n) is 6.62. The Morgan fingerprint density at radius 1 is 1.50 bits per heavy atom. The molecule has 2 rings (SSSR count). The molecule has 1 aromatic rings. The molecule has 0 aromatic heterocycles. The lowest BCUT2D eigenvalue weighted by Gasteiger charge is -2.34. The second-order valence-corrected chi connectivity index (χ2v) is 4.78. The summed E-state index contributed by atoms with van der Waals surface area (Å²) in [7, 11) is 0. The van der Waals surface area contributed by atoms with Gasteiger partial charge in [0.05, 0.1) is 17.5 Å². The van der Waals surface area contributed by atoms with Crippen molar-refractivity contribution in [1.29, 1.82) is 0 Å². The van der Waals surface area contributed by atoms with Gasteiger partial charge in [-0.2, -0.15) is 0 Å². The summed E-state index contributed by atoms with van der Waals surface area (Å²) in [6.07, 6.45) is 3.40. The van der Waals surface area contributed by atoms with Gasteiger partial charge in [0.15, 0.2) is 0 Å². The number of ether oxygens (including phenoxy) is 1. The molecular weight excluding hydrogens is 231 g/mol. The highest BCUT2D eigenvalue weighted by molar-refractivity contribution is 5.67. The zero-order valence-corrected chi connectivity index (χ0v) is 10.9. The van der Waals surface area contributed by atoms with Gasteiger partial charge in [-0.05, 0) is 37.5 Å². The van der Waals surface area contributed by atoms with Crippen LogP contribution in [0.3, 0.4) is 0 Å². The van der Waals surface area contributed by atoms with Crippen molar-refractivity contribution in [1.82, 2.24) is 0 Å². The van der Waals surface area contributed by atoms with Gasteiger partial charge >= 0.3 is 0 Å². The molecule has 1 atom stereocenters. The Hall–Kier alpha value is -1.29. The molecule has 0 aliphatic carbocycles.